The van der Waals surface area contributed by atoms with Crippen molar-refractivity contribution in [1.29, 1.82) is 0 Å². The first kappa shape index (κ1) is 13.5. The fourth-order valence-corrected chi connectivity index (χ4v) is 1.54. The van der Waals surface area contributed by atoms with Crippen molar-refractivity contribution in [3.63, 3.8) is 0 Å². The lowest BCUT2D eigenvalue weighted by molar-refractivity contribution is 0.0696. The highest BCUT2D eigenvalue weighted by atomic mass is 19.1. The van der Waals surface area contributed by atoms with Crippen molar-refractivity contribution in [2.75, 3.05) is 0 Å². The number of carbonyl (C=O) groups excluding carboxylic acids is 1. The number of hydrogen-bond donors (Lipinski definition) is 2. The summed E-state index contributed by atoms with van der Waals surface area (Å²) in [6.07, 6.45) is 1.22. The number of aromatic carboxylic acids is 1. The van der Waals surface area contributed by atoms with Crippen molar-refractivity contribution in [3.05, 3.63) is 53.5 Å². The van der Waals surface area contributed by atoms with Crippen LogP contribution in [0, 0.1) is 5.82 Å². The van der Waals surface area contributed by atoms with E-state index in [4.69, 9.17) is 15.6 Å². The molecule has 0 spiro atoms. The molecule has 1 aromatic carbocycles. The SMILES string of the molecule is NC(=O)c1c(F)cccc1Oc1cc(C(=O)O)ccn1. The molecule has 2 aromatic rings. The molecule has 2 rings (SSSR count). The van der Waals surface area contributed by atoms with Crippen LogP contribution in [0.25, 0.3) is 0 Å². The number of aromatic nitrogens is 1. The molecule has 0 saturated heterocycles. The minimum atomic E-state index is -1.16. The molecule has 0 fully saturated rings. The van der Waals surface area contributed by atoms with Gasteiger partial charge < -0.3 is 15.6 Å². The maximum Gasteiger partial charge on any atom is 0.335 e. The van der Waals surface area contributed by atoms with E-state index in [0.717, 1.165) is 12.1 Å². The summed E-state index contributed by atoms with van der Waals surface area (Å²) in [7, 11) is 0. The van der Waals surface area contributed by atoms with Gasteiger partial charge in [0.05, 0.1) is 5.56 Å². The number of nitrogens with two attached hydrogens (primary N) is 1. The first-order valence-electron chi connectivity index (χ1n) is 5.44. The molecule has 0 aliphatic heterocycles. The van der Waals surface area contributed by atoms with E-state index in [2.05, 4.69) is 4.98 Å². The molecule has 7 heteroatoms. The molecule has 1 amide bonds. The number of carboxylic acid groups (broad SMARTS) is 1. The maximum atomic E-state index is 13.5. The molecule has 3 N–H and O–H groups in total. The summed E-state index contributed by atoms with van der Waals surface area (Å²) in [5, 5.41) is 8.84. The van der Waals surface area contributed by atoms with Crippen LogP contribution in [0.2, 0.25) is 0 Å². The van der Waals surface area contributed by atoms with E-state index in [-0.39, 0.29) is 17.2 Å². The fraction of sp³-hybridized carbons (Fsp3) is 0. The van der Waals surface area contributed by atoms with Crippen LogP contribution in [0.15, 0.2) is 36.5 Å². The number of pyridine rings is 1. The van der Waals surface area contributed by atoms with Crippen LogP contribution in [0.5, 0.6) is 11.6 Å². The average molecular weight is 276 g/mol. The van der Waals surface area contributed by atoms with Crippen LogP contribution < -0.4 is 10.5 Å². The van der Waals surface area contributed by atoms with Crippen LogP contribution in [0.1, 0.15) is 20.7 Å². The zero-order valence-electron chi connectivity index (χ0n) is 10.0. The summed E-state index contributed by atoms with van der Waals surface area (Å²) in [6.45, 7) is 0. The standard InChI is InChI=1S/C13H9FN2O4/c14-8-2-1-3-9(11(8)12(15)17)20-10-6-7(13(18)19)4-5-16-10/h1-6H,(H2,15,17)(H,18,19). The molecule has 0 unspecified atom stereocenters. The number of halogens is 1. The third-order valence-corrected chi connectivity index (χ3v) is 2.42. The molecule has 0 aliphatic rings. The van der Waals surface area contributed by atoms with Crippen LogP contribution in [-0.4, -0.2) is 22.0 Å². The zero-order chi connectivity index (χ0) is 14.7. The Morgan fingerprint density at radius 2 is 2.05 bits per heavy atom. The smallest absolute Gasteiger partial charge is 0.335 e. The van der Waals surface area contributed by atoms with Crippen molar-refractivity contribution >= 4 is 11.9 Å². The molecule has 20 heavy (non-hydrogen) atoms. The second-order valence-electron chi connectivity index (χ2n) is 3.77. The van der Waals surface area contributed by atoms with Gasteiger partial charge in [-0.25, -0.2) is 14.2 Å². The Labute approximate surface area is 112 Å². The molecule has 1 aromatic heterocycles. The lowest BCUT2D eigenvalue weighted by Gasteiger charge is -2.09. The Balaban J connectivity index is 2.40. The number of amides is 1. The number of benzene rings is 1. The molecule has 0 saturated carbocycles. The monoisotopic (exact) mass is 276 g/mol. The Bertz CT molecular complexity index is 688. The number of carboxylic acids is 1. The van der Waals surface area contributed by atoms with Gasteiger partial charge in [-0.05, 0) is 18.2 Å². The Morgan fingerprint density at radius 3 is 2.70 bits per heavy atom. The summed E-state index contributed by atoms with van der Waals surface area (Å²) in [4.78, 5) is 25.8. The highest BCUT2D eigenvalue weighted by molar-refractivity contribution is 5.96. The second-order valence-corrected chi connectivity index (χ2v) is 3.77. The van der Waals surface area contributed by atoms with E-state index in [0.29, 0.717) is 0 Å². The van der Waals surface area contributed by atoms with Crippen molar-refractivity contribution in [2.45, 2.75) is 0 Å². The molecule has 0 aliphatic carbocycles. The summed E-state index contributed by atoms with van der Waals surface area (Å²) < 4.78 is 18.7. The largest absolute Gasteiger partial charge is 0.478 e. The third kappa shape index (κ3) is 2.72. The van der Waals surface area contributed by atoms with Gasteiger partial charge in [-0.15, -0.1) is 0 Å². The normalized spacial score (nSPS) is 10.1. The van der Waals surface area contributed by atoms with E-state index in [1.54, 1.807) is 0 Å². The van der Waals surface area contributed by atoms with E-state index >= 15 is 0 Å². The van der Waals surface area contributed by atoms with Gasteiger partial charge in [-0.3, -0.25) is 4.79 Å². The molecule has 102 valence electrons. The molecule has 0 atom stereocenters. The first-order valence-corrected chi connectivity index (χ1v) is 5.44. The van der Waals surface area contributed by atoms with Crippen molar-refractivity contribution in [2.24, 2.45) is 5.73 Å². The van der Waals surface area contributed by atoms with E-state index in [1.807, 2.05) is 0 Å². The van der Waals surface area contributed by atoms with Crippen LogP contribution in [0.3, 0.4) is 0 Å². The van der Waals surface area contributed by atoms with Crippen LogP contribution >= 0.6 is 0 Å². The number of nitrogens with zero attached hydrogens (tertiary/aromatic N) is 1. The second kappa shape index (κ2) is 5.35. The number of primary amides is 1. The van der Waals surface area contributed by atoms with E-state index in [9.17, 15) is 14.0 Å². The number of hydrogen-bond acceptors (Lipinski definition) is 4. The maximum absolute atomic E-state index is 13.5. The molecular formula is C13H9FN2O4. The lowest BCUT2D eigenvalue weighted by Crippen LogP contribution is -2.14. The van der Waals surface area contributed by atoms with Gasteiger partial charge in [0.25, 0.3) is 5.91 Å². The average Bonchev–Trinajstić information content (AvgIpc) is 2.38. The summed E-state index contributed by atoms with van der Waals surface area (Å²) in [5.74, 6) is -3.20. The van der Waals surface area contributed by atoms with Gasteiger partial charge in [0.15, 0.2) is 0 Å². The minimum absolute atomic E-state index is 0.0490. The van der Waals surface area contributed by atoms with Crippen LogP contribution in [0.4, 0.5) is 4.39 Å². The predicted molar refractivity (Wildman–Crippen MR) is 66.2 cm³/mol. The summed E-state index contributed by atoms with van der Waals surface area (Å²) >= 11 is 0. The van der Waals surface area contributed by atoms with E-state index in [1.165, 1.54) is 24.4 Å². The van der Waals surface area contributed by atoms with Crippen molar-refractivity contribution in [1.82, 2.24) is 4.98 Å². The quantitative estimate of drug-likeness (QED) is 0.886. The summed E-state index contributed by atoms with van der Waals surface area (Å²) in [5.41, 5.74) is 4.60. The third-order valence-electron chi connectivity index (χ3n) is 2.42. The number of ether oxygens (including phenoxy) is 1. The topological polar surface area (TPSA) is 103 Å². The highest BCUT2D eigenvalue weighted by Gasteiger charge is 2.16. The van der Waals surface area contributed by atoms with Gasteiger partial charge in [-0.1, -0.05) is 6.07 Å². The minimum Gasteiger partial charge on any atom is -0.478 e. The first-order chi connectivity index (χ1) is 9.49. The van der Waals surface area contributed by atoms with E-state index < -0.39 is 23.3 Å². The zero-order valence-corrected chi connectivity index (χ0v) is 10.0. The Hall–Kier alpha value is -2.96. The Morgan fingerprint density at radius 1 is 1.30 bits per heavy atom. The van der Waals surface area contributed by atoms with Crippen molar-refractivity contribution < 1.29 is 23.8 Å². The molecule has 6 nitrogen and oxygen atoms in total. The highest BCUT2D eigenvalue weighted by Crippen LogP contribution is 2.26. The fourth-order valence-electron chi connectivity index (χ4n) is 1.54. The molecule has 0 bridgehead atoms. The predicted octanol–water partition coefficient (Wildman–Crippen LogP) is 1.81. The molecule has 0 radical (unpaired) electrons. The van der Waals surface area contributed by atoms with Gasteiger partial charge in [0.1, 0.15) is 17.1 Å². The van der Waals surface area contributed by atoms with Gasteiger partial charge in [0, 0.05) is 12.3 Å². The van der Waals surface area contributed by atoms with Gasteiger partial charge >= 0.3 is 5.97 Å². The number of rotatable bonds is 4. The lowest BCUT2D eigenvalue weighted by atomic mass is 10.2. The van der Waals surface area contributed by atoms with Crippen LogP contribution in [-0.2, 0) is 0 Å². The van der Waals surface area contributed by atoms with Gasteiger partial charge in [0.2, 0.25) is 5.88 Å². The Kier molecular flexibility index (Phi) is 3.60. The molecule has 1 heterocycles. The molecular weight excluding hydrogens is 267 g/mol. The van der Waals surface area contributed by atoms with Gasteiger partial charge in [-0.2, -0.15) is 0 Å². The summed E-state index contributed by atoms with van der Waals surface area (Å²) in [6, 6.07) is 6.15. The number of carbonyl (C=O) groups is 2. The van der Waals surface area contributed by atoms with Crippen molar-refractivity contribution in [3.8, 4) is 11.6 Å².